The fraction of sp³-hybridized carbons (Fsp3) is 0.833. The van der Waals surface area contributed by atoms with Crippen molar-refractivity contribution < 1.29 is 44.6 Å². The van der Waals surface area contributed by atoms with Gasteiger partial charge in [0.2, 0.25) is 0 Å². The number of unbranched alkanes of at least 4 members (excludes halogenated alkanes) is 7. The molecule has 124 valence electrons. The van der Waals surface area contributed by atoms with Gasteiger partial charge in [-0.2, -0.15) is 0 Å². The summed E-state index contributed by atoms with van der Waals surface area (Å²) in [4.78, 5) is 10.2. The van der Waals surface area contributed by atoms with E-state index in [1.165, 1.54) is 32.1 Å². The van der Waals surface area contributed by atoms with Crippen LogP contribution in [-0.2, 0) is 4.79 Å². The molecule has 0 aromatic carbocycles. The number of aliphatic hydroxyl groups excluding tert-OH is 1. The van der Waals surface area contributed by atoms with E-state index in [1.54, 1.807) is 0 Å². The summed E-state index contributed by atoms with van der Waals surface area (Å²) in [7, 11) is 0. The summed E-state index contributed by atoms with van der Waals surface area (Å²) in [5.41, 5.74) is 0. The van der Waals surface area contributed by atoms with Crippen LogP contribution in [-0.4, -0.2) is 17.2 Å². The van der Waals surface area contributed by atoms with Gasteiger partial charge in [-0.15, -0.1) is 0 Å². The molecule has 0 radical (unpaired) electrons. The Balaban J connectivity index is 0. The summed E-state index contributed by atoms with van der Waals surface area (Å²) in [5, 5.41) is 20.0. The molecule has 0 spiro atoms. The van der Waals surface area contributed by atoms with Crippen LogP contribution in [0, 0.1) is 0 Å². The maximum Gasteiger partial charge on any atom is 1.00 e. The van der Waals surface area contributed by atoms with Gasteiger partial charge in [0.15, 0.2) is 0 Å². The molecule has 4 heteroatoms. The molecule has 0 rings (SSSR count). The third kappa shape index (κ3) is 20.2. The molecule has 1 unspecified atom stereocenters. The van der Waals surface area contributed by atoms with Gasteiger partial charge >= 0.3 is 29.6 Å². The number of rotatable bonds is 15. The Bertz CT molecular complexity index is 267. The molecule has 0 heterocycles. The summed E-state index contributed by atoms with van der Waals surface area (Å²) in [6, 6.07) is 0. The van der Waals surface area contributed by atoms with Gasteiger partial charge in [0, 0.05) is 5.97 Å². The largest absolute Gasteiger partial charge is 1.00 e. The second-order valence-corrected chi connectivity index (χ2v) is 5.88. The number of hydrogen-bond acceptors (Lipinski definition) is 3. The summed E-state index contributed by atoms with van der Waals surface area (Å²) >= 11 is 0. The number of carbonyl (C=O) groups excluding carboxylic acids is 1. The van der Waals surface area contributed by atoms with Crippen LogP contribution < -0.4 is 34.7 Å². The molecule has 1 N–H and O–H groups in total. The molecule has 22 heavy (non-hydrogen) atoms. The van der Waals surface area contributed by atoms with Gasteiger partial charge < -0.3 is 15.0 Å². The van der Waals surface area contributed by atoms with Gasteiger partial charge in [-0.05, 0) is 51.4 Å². The number of aliphatic hydroxyl groups is 1. The summed E-state index contributed by atoms with van der Waals surface area (Å²) in [6.45, 7) is 2.23. The Morgan fingerprint density at radius 2 is 1.50 bits per heavy atom. The summed E-state index contributed by atoms with van der Waals surface area (Å²) in [5.74, 6) is -0.994. The SMILES string of the molecule is CCCCCC/C=C/CCCCC(O)CCCCC(=O)[O-].[Na+]. The second-order valence-electron chi connectivity index (χ2n) is 5.88. The molecular weight excluding hydrogens is 287 g/mol. The molecule has 0 aliphatic heterocycles. The Hall–Kier alpha value is 0.170. The van der Waals surface area contributed by atoms with Crippen LogP contribution in [0.3, 0.4) is 0 Å². The molecule has 0 bridgehead atoms. The van der Waals surface area contributed by atoms with Gasteiger partial charge in [0.05, 0.1) is 6.10 Å². The van der Waals surface area contributed by atoms with E-state index in [1.807, 2.05) is 0 Å². The zero-order valence-corrected chi connectivity index (χ0v) is 16.7. The van der Waals surface area contributed by atoms with Crippen LogP contribution in [0.1, 0.15) is 90.4 Å². The van der Waals surface area contributed by atoms with Crippen molar-refractivity contribution in [2.45, 2.75) is 96.5 Å². The Kier molecular flexibility index (Phi) is 21.3. The minimum atomic E-state index is -0.994. The van der Waals surface area contributed by atoms with Gasteiger partial charge in [0.25, 0.3) is 0 Å². The third-order valence-electron chi connectivity index (χ3n) is 3.72. The maximum absolute atomic E-state index is 10.2. The first kappa shape index (κ1) is 24.4. The van der Waals surface area contributed by atoms with E-state index >= 15 is 0 Å². The maximum atomic E-state index is 10.2. The number of aliphatic carboxylic acids is 1. The first-order valence-electron chi connectivity index (χ1n) is 8.69. The molecule has 0 saturated carbocycles. The van der Waals surface area contributed by atoms with Gasteiger partial charge in [-0.25, -0.2) is 0 Å². The van der Waals surface area contributed by atoms with Crippen LogP contribution in [0.4, 0.5) is 0 Å². The molecule has 0 aliphatic rings. The minimum absolute atomic E-state index is 0. The topological polar surface area (TPSA) is 60.4 Å². The Morgan fingerprint density at radius 1 is 0.955 bits per heavy atom. The molecule has 0 aromatic rings. The molecule has 0 aromatic heterocycles. The quantitative estimate of drug-likeness (QED) is 0.275. The van der Waals surface area contributed by atoms with Gasteiger partial charge in [-0.1, -0.05) is 51.2 Å². The Morgan fingerprint density at radius 3 is 2.05 bits per heavy atom. The first-order chi connectivity index (χ1) is 10.2. The van der Waals surface area contributed by atoms with E-state index < -0.39 is 5.97 Å². The third-order valence-corrected chi connectivity index (χ3v) is 3.72. The summed E-state index contributed by atoms with van der Waals surface area (Å²) in [6.07, 6.45) is 17.0. The zero-order valence-electron chi connectivity index (χ0n) is 14.7. The number of carbonyl (C=O) groups is 1. The molecule has 3 nitrogen and oxygen atoms in total. The van der Waals surface area contributed by atoms with Gasteiger partial charge in [-0.3, -0.25) is 0 Å². The van der Waals surface area contributed by atoms with Crippen molar-refractivity contribution in [3.8, 4) is 0 Å². The van der Waals surface area contributed by atoms with E-state index in [9.17, 15) is 15.0 Å². The predicted molar refractivity (Wildman–Crippen MR) is 85.8 cm³/mol. The average Bonchev–Trinajstić information content (AvgIpc) is 2.45. The first-order valence-corrected chi connectivity index (χ1v) is 8.69. The van der Waals surface area contributed by atoms with Crippen LogP contribution in [0.2, 0.25) is 0 Å². The monoisotopic (exact) mass is 320 g/mol. The standard InChI is InChI=1S/C18H34O3.Na/c1-2-3-4-5-6-7-8-9-10-11-14-17(19)15-12-13-16-18(20)21;/h7-8,17,19H,2-6,9-16H2,1H3,(H,20,21);/q;+1/p-1/b8-7+;. The fourth-order valence-corrected chi connectivity index (χ4v) is 2.36. The van der Waals surface area contributed by atoms with Crippen molar-refractivity contribution in [2.75, 3.05) is 0 Å². The molecule has 0 fully saturated rings. The van der Waals surface area contributed by atoms with Crippen molar-refractivity contribution in [3.63, 3.8) is 0 Å². The zero-order chi connectivity index (χ0) is 15.8. The van der Waals surface area contributed by atoms with Gasteiger partial charge in [0.1, 0.15) is 0 Å². The number of allylic oxidation sites excluding steroid dienone is 2. The molecule has 1 atom stereocenters. The smallest absolute Gasteiger partial charge is 0.550 e. The van der Waals surface area contributed by atoms with Crippen molar-refractivity contribution in [1.29, 1.82) is 0 Å². The number of carboxylic acids is 1. The van der Waals surface area contributed by atoms with E-state index in [0.29, 0.717) is 12.8 Å². The predicted octanol–water partition coefficient (Wildman–Crippen LogP) is 0.749. The molecule has 0 aliphatic carbocycles. The van der Waals surface area contributed by atoms with Crippen molar-refractivity contribution in [1.82, 2.24) is 0 Å². The normalized spacial score (nSPS) is 12.3. The average molecular weight is 320 g/mol. The van der Waals surface area contributed by atoms with Crippen molar-refractivity contribution in [3.05, 3.63) is 12.2 Å². The summed E-state index contributed by atoms with van der Waals surface area (Å²) < 4.78 is 0. The Labute approximate surface area is 158 Å². The van der Waals surface area contributed by atoms with E-state index in [0.717, 1.165) is 32.1 Å². The van der Waals surface area contributed by atoms with Crippen molar-refractivity contribution in [2.24, 2.45) is 0 Å². The number of carboxylic acid groups (broad SMARTS) is 1. The van der Waals surface area contributed by atoms with Crippen molar-refractivity contribution >= 4 is 5.97 Å². The van der Waals surface area contributed by atoms with E-state index in [-0.39, 0.29) is 42.1 Å². The molecule has 0 saturated heterocycles. The van der Waals surface area contributed by atoms with E-state index in [4.69, 9.17) is 0 Å². The number of hydrogen-bond donors (Lipinski definition) is 1. The molecule has 0 amide bonds. The second kappa shape index (κ2) is 19.2. The van der Waals surface area contributed by atoms with Crippen LogP contribution >= 0.6 is 0 Å². The molecular formula is C18H33NaO3. The van der Waals surface area contributed by atoms with Crippen LogP contribution in [0.15, 0.2) is 12.2 Å². The van der Waals surface area contributed by atoms with E-state index in [2.05, 4.69) is 19.1 Å². The van der Waals surface area contributed by atoms with Crippen LogP contribution in [0.5, 0.6) is 0 Å². The minimum Gasteiger partial charge on any atom is -0.550 e. The van der Waals surface area contributed by atoms with Crippen LogP contribution in [0.25, 0.3) is 0 Å². The fourth-order valence-electron chi connectivity index (χ4n) is 2.36.